The number of nitro groups is 1. The number of carbonyl (C=O) groups excluding carboxylic acids is 1. The Labute approximate surface area is 142 Å². The number of nitrogens with zero attached hydrogens (tertiary/aromatic N) is 1. The van der Waals surface area contributed by atoms with Crippen LogP contribution >= 0.6 is 0 Å². The first kappa shape index (κ1) is 16.3. The van der Waals surface area contributed by atoms with Crippen LogP contribution in [0.3, 0.4) is 0 Å². The van der Waals surface area contributed by atoms with Crippen molar-refractivity contribution in [2.24, 2.45) is 0 Å². The van der Waals surface area contributed by atoms with Crippen molar-refractivity contribution in [1.29, 1.82) is 0 Å². The van der Waals surface area contributed by atoms with Gasteiger partial charge < -0.3 is 5.32 Å². The highest BCUT2D eigenvalue weighted by atomic mass is 19.1. The highest BCUT2D eigenvalue weighted by Crippen LogP contribution is 2.28. The molecule has 0 aliphatic carbocycles. The zero-order valence-corrected chi connectivity index (χ0v) is 13.0. The van der Waals surface area contributed by atoms with Crippen LogP contribution in [-0.2, 0) is 0 Å². The van der Waals surface area contributed by atoms with Gasteiger partial charge in [0.25, 0.3) is 5.69 Å². The number of rotatable bonds is 5. The Bertz CT molecular complexity index is 942. The van der Waals surface area contributed by atoms with E-state index >= 15 is 0 Å². The van der Waals surface area contributed by atoms with Crippen LogP contribution in [0.5, 0.6) is 0 Å². The average Bonchev–Trinajstić information content (AvgIpc) is 2.64. The number of anilines is 2. The molecule has 0 aromatic heterocycles. The lowest BCUT2D eigenvalue weighted by Gasteiger charge is -2.09. The molecule has 0 saturated heterocycles. The van der Waals surface area contributed by atoms with Crippen molar-refractivity contribution < 1.29 is 14.1 Å². The molecule has 0 unspecified atom stereocenters. The molecule has 0 aliphatic heterocycles. The molecular weight excluding hydrogens is 323 g/mol. The molecule has 3 rings (SSSR count). The standard InChI is InChI=1S/C19H13FN2O3/c20-15-12-14(19(23)13-6-2-1-3-7-13)10-11-16(15)21-17-8-4-5-9-18(17)22(24)25/h1-12,21H. The normalized spacial score (nSPS) is 10.3. The van der Waals surface area contributed by atoms with E-state index < -0.39 is 10.7 Å². The van der Waals surface area contributed by atoms with Crippen LogP contribution in [0.15, 0.2) is 72.8 Å². The van der Waals surface area contributed by atoms with Gasteiger partial charge in [-0.2, -0.15) is 0 Å². The fourth-order valence-electron chi connectivity index (χ4n) is 2.40. The summed E-state index contributed by atoms with van der Waals surface area (Å²) in [6.07, 6.45) is 0. The fraction of sp³-hybridized carbons (Fsp3) is 0. The van der Waals surface area contributed by atoms with Crippen LogP contribution in [0.1, 0.15) is 15.9 Å². The van der Waals surface area contributed by atoms with Crippen molar-refractivity contribution in [3.63, 3.8) is 0 Å². The van der Waals surface area contributed by atoms with Crippen LogP contribution in [0, 0.1) is 15.9 Å². The monoisotopic (exact) mass is 336 g/mol. The molecule has 25 heavy (non-hydrogen) atoms. The second kappa shape index (κ2) is 6.92. The van der Waals surface area contributed by atoms with Gasteiger partial charge in [-0.15, -0.1) is 0 Å². The van der Waals surface area contributed by atoms with Crippen molar-refractivity contribution in [3.05, 3.63) is 99.9 Å². The number of benzene rings is 3. The topological polar surface area (TPSA) is 72.2 Å². The van der Waals surface area contributed by atoms with Crippen molar-refractivity contribution >= 4 is 22.8 Å². The molecule has 0 fully saturated rings. The summed E-state index contributed by atoms with van der Waals surface area (Å²) in [6.45, 7) is 0. The quantitative estimate of drug-likeness (QED) is 0.416. The summed E-state index contributed by atoms with van der Waals surface area (Å²) in [5.74, 6) is -0.961. The Hall–Kier alpha value is -3.54. The number of halogens is 1. The molecule has 0 amide bonds. The van der Waals surface area contributed by atoms with E-state index in [9.17, 15) is 19.3 Å². The summed E-state index contributed by atoms with van der Waals surface area (Å²) in [4.78, 5) is 22.8. The first-order valence-electron chi connectivity index (χ1n) is 7.46. The smallest absolute Gasteiger partial charge is 0.292 e. The summed E-state index contributed by atoms with van der Waals surface area (Å²) in [7, 11) is 0. The van der Waals surface area contributed by atoms with Gasteiger partial charge in [-0.1, -0.05) is 42.5 Å². The zero-order valence-electron chi connectivity index (χ0n) is 13.0. The lowest BCUT2D eigenvalue weighted by atomic mass is 10.0. The maximum absolute atomic E-state index is 14.4. The Morgan fingerprint density at radius 1 is 0.880 bits per heavy atom. The third-order valence-electron chi connectivity index (χ3n) is 3.64. The van der Waals surface area contributed by atoms with Crippen molar-refractivity contribution in [2.45, 2.75) is 0 Å². The zero-order chi connectivity index (χ0) is 17.8. The molecule has 0 radical (unpaired) electrons. The maximum Gasteiger partial charge on any atom is 0.292 e. The van der Waals surface area contributed by atoms with Crippen LogP contribution in [0.25, 0.3) is 0 Å². The van der Waals surface area contributed by atoms with E-state index in [4.69, 9.17) is 0 Å². The van der Waals surface area contributed by atoms with Crippen LogP contribution in [0.2, 0.25) is 0 Å². The predicted molar refractivity (Wildman–Crippen MR) is 92.7 cm³/mol. The van der Waals surface area contributed by atoms with Gasteiger partial charge in [0.2, 0.25) is 0 Å². The first-order chi connectivity index (χ1) is 12.1. The highest BCUT2D eigenvalue weighted by molar-refractivity contribution is 6.09. The minimum Gasteiger partial charge on any atom is -0.348 e. The molecule has 1 N–H and O–H groups in total. The SMILES string of the molecule is O=C(c1ccccc1)c1ccc(Nc2ccccc2[N+](=O)[O-])c(F)c1. The molecule has 0 saturated carbocycles. The molecule has 0 aliphatic rings. The number of carbonyl (C=O) groups is 1. The van der Waals surface area contributed by atoms with Gasteiger partial charge in [0.15, 0.2) is 5.78 Å². The minimum atomic E-state index is -0.667. The summed E-state index contributed by atoms with van der Waals surface area (Å²) in [5, 5.41) is 13.7. The number of hydrogen-bond acceptors (Lipinski definition) is 4. The minimum absolute atomic E-state index is 0.0545. The molecule has 3 aromatic rings. The maximum atomic E-state index is 14.4. The van der Waals surface area contributed by atoms with Gasteiger partial charge in [-0.05, 0) is 24.3 Å². The number of hydrogen-bond donors (Lipinski definition) is 1. The van der Waals surface area contributed by atoms with Crippen molar-refractivity contribution in [1.82, 2.24) is 0 Å². The Balaban J connectivity index is 1.89. The van der Waals surface area contributed by atoms with Crippen LogP contribution in [-0.4, -0.2) is 10.7 Å². The number of para-hydroxylation sites is 2. The van der Waals surface area contributed by atoms with Gasteiger partial charge in [-0.3, -0.25) is 14.9 Å². The molecule has 0 spiro atoms. The van der Waals surface area contributed by atoms with E-state index in [0.29, 0.717) is 5.56 Å². The van der Waals surface area contributed by atoms with Crippen LogP contribution < -0.4 is 5.32 Å². The lowest BCUT2D eigenvalue weighted by Crippen LogP contribution is -2.03. The molecule has 6 heteroatoms. The summed E-state index contributed by atoms with van der Waals surface area (Å²) < 4.78 is 14.4. The molecule has 0 atom stereocenters. The summed E-state index contributed by atoms with van der Waals surface area (Å²) in [6, 6.07) is 18.5. The van der Waals surface area contributed by atoms with E-state index in [1.54, 1.807) is 36.4 Å². The van der Waals surface area contributed by atoms with Gasteiger partial charge in [-0.25, -0.2) is 4.39 Å². The van der Waals surface area contributed by atoms with Crippen LogP contribution in [0.4, 0.5) is 21.5 Å². The lowest BCUT2D eigenvalue weighted by molar-refractivity contribution is -0.383. The molecular formula is C19H13FN2O3. The third-order valence-corrected chi connectivity index (χ3v) is 3.64. The van der Waals surface area contributed by atoms with Gasteiger partial charge >= 0.3 is 0 Å². The van der Waals surface area contributed by atoms with Gasteiger partial charge in [0.1, 0.15) is 11.5 Å². The van der Waals surface area contributed by atoms with E-state index in [2.05, 4.69) is 5.32 Å². The van der Waals surface area contributed by atoms with E-state index in [1.807, 2.05) is 0 Å². The largest absolute Gasteiger partial charge is 0.348 e. The Morgan fingerprint density at radius 2 is 1.56 bits per heavy atom. The molecule has 3 aromatic carbocycles. The fourth-order valence-corrected chi connectivity index (χ4v) is 2.40. The van der Waals surface area contributed by atoms with E-state index in [1.165, 1.54) is 30.3 Å². The molecule has 5 nitrogen and oxygen atoms in total. The number of nitro benzene ring substituents is 1. The third kappa shape index (κ3) is 3.53. The van der Waals surface area contributed by atoms with Crippen molar-refractivity contribution in [2.75, 3.05) is 5.32 Å². The van der Waals surface area contributed by atoms with E-state index in [0.717, 1.165) is 6.07 Å². The van der Waals surface area contributed by atoms with Crippen molar-refractivity contribution in [3.8, 4) is 0 Å². The summed E-state index contributed by atoms with van der Waals surface area (Å²) >= 11 is 0. The van der Waals surface area contributed by atoms with E-state index in [-0.39, 0.29) is 28.4 Å². The molecule has 0 bridgehead atoms. The summed E-state index contributed by atoms with van der Waals surface area (Å²) in [5.41, 5.74) is 0.733. The predicted octanol–water partition coefficient (Wildman–Crippen LogP) is 4.71. The van der Waals surface area contributed by atoms with Gasteiger partial charge in [0.05, 0.1) is 10.6 Å². The average molecular weight is 336 g/mol. The molecule has 0 heterocycles. The highest BCUT2D eigenvalue weighted by Gasteiger charge is 2.16. The number of ketones is 1. The Kier molecular flexibility index (Phi) is 4.52. The number of nitrogens with one attached hydrogen (secondary N) is 1. The Morgan fingerprint density at radius 3 is 2.24 bits per heavy atom. The first-order valence-corrected chi connectivity index (χ1v) is 7.46. The second-order valence-corrected chi connectivity index (χ2v) is 5.29. The second-order valence-electron chi connectivity index (χ2n) is 5.29. The molecule has 124 valence electrons. The van der Waals surface area contributed by atoms with Gasteiger partial charge in [0, 0.05) is 17.2 Å².